The van der Waals surface area contributed by atoms with E-state index in [0.29, 0.717) is 0 Å². The molecule has 0 spiro atoms. The maximum Gasteiger partial charge on any atom is 0.162 e. The van der Waals surface area contributed by atoms with Crippen LogP contribution in [0.2, 0.25) is 0 Å². The molecule has 0 fully saturated rings. The third kappa shape index (κ3) is 2.39. The van der Waals surface area contributed by atoms with E-state index in [-0.39, 0.29) is 5.41 Å². The molecule has 90 valence electrons. The molecule has 2 aromatic rings. The van der Waals surface area contributed by atoms with Gasteiger partial charge >= 0.3 is 0 Å². The number of benzene rings is 1. The van der Waals surface area contributed by atoms with Crippen LogP contribution in [-0.4, -0.2) is 20.2 Å². The van der Waals surface area contributed by atoms with Gasteiger partial charge in [-0.15, -0.1) is 5.10 Å². The van der Waals surface area contributed by atoms with Crippen LogP contribution in [0.5, 0.6) is 0 Å². The summed E-state index contributed by atoms with van der Waals surface area (Å²) in [7, 11) is 0. The molecule has 1 heterocycles. The molecule has 0 unspecified atom stereocenters. The van der Waals surface area contributed by atoms with Crippen molar-refractivity contribution in [1.29, 1.82) is 0 Å². The molecule has 1 aromatic carbocycles. The van der Waals surface area contributed by atoms with Crippen molar-refractivity contribution >= 4 is 15.9 Å². The average molecular weight is 295 g/mol. The Balaban J connectivity index is 2.61. The lowest BCUT2D eigenvalue weighted by Crippen LogP contribution is -2.19. The van der Waals surface area contributed by atoms with Crippen LogP contribution in [0.4, 0.5) is 0 Å². The van der Waals surface area contributed by atoms with Gasteiger partial charge < -0.3 is 0 Å². The monoisotopic (exact) mass is 294 g/mol. The number of nitrogens with zero attached hydrogens (tertiary/aromatic N) is 4. The SMILES string of the molecule is Cc1ccc(Br)cc1-n1nnnc1C(C)(C)C. The summed E-state index contributed by atoms with van der Waals surface area (Å²) in [6, 6.07) is 6.09. The first-order valence-electron chi connectivity index (χ1n) is 5.45. The predicted molar refractivity (Wildman–Crippen MR) is 70.3 cm³/mol. The highest BCUT2D eigenvalue weighted by Crippen LogP contribution is 2.25. The molecule has 5 heteroatoms. The molecule has 1 aromatic heterocycles. The van der Waals surface area contributed by atoms with Crippen molar-refractivity contribution in [1.82, 2.24) is 20.2 Å². The summed E-state index contributed by atoms with van der Waals surface area (Å²) in [4.78, 5) is 0. The molecule has 0 aliphatic carbocycles. The zero-order chi connectivity index (χ0) is 12.6. The van der Waals surface area contributed by atoms with Gasteiger partial charge in [-0.1, -0.05) is 42.8 Å². The van der Waals surface area contributed by atoms with E-state index < -0.39 is 0 Å². The molecule has 0 N–H and O–H groups in total. The lowest BCUT2D eigenvalue weighted by Gasteiger charge is -2.18. The van der Waals surface area contributed by atoms with Crippen LogP contribution in [-0.2, 0) is 5.41 Å². The number of hydrogen-bond donors (Lipinski definition) is 0. The third-order valence-corrected chi connectivity index (χ3v) is 3.03. The van der Waals surface area contributed by atoms with Crippen molar-refractivity contribution in [3.05, 3.63) is 34.1 Å². The van der Waals surface area contributed by atoms with E-state index in [4.69, 9.17) is 0 Å². The summed E-state index contributed by atoms with van der Waals surface area (Å²) >= 11 is 3.47. The molecular formula is C12H15BrN4. The molecule has 0 amide bonds. The molecule has 4 nitrogen and oxygen atoms in total. The first-order valence-corrected chi connectivity index (χ1v) is 6.24. The minimum atomic E-state index is -0.0851. The summed E-state index contributed by atoms with van der Waals surface area (Å²) < 4.78 is 2.83. The van der Waals surface area contributed by atoms with Crippen LogP contribution < -0.4 is 0 Å². The van der Waals surface area contributed by atoms with E-state index in [1.165, 1.54) is 0 Å². The van der Waals surface area contributed by atoms with Gasteiger partial charge in [-0.25, -0.2) is 0 Å². The number of aryl methyl sites for hydroxylation is 1. The fourth-order valence-electron chi connectivity index (χ4n) is 1.63. The highest BCUT2D eigenvalue weighted by atomic mass is 79.9. The molecule has 0 saturated heterocycles. The minimum absolute atomic E-state index is 0.0851. The van der Waals surface area contributed by atoms with Gasteiger partial charge in [0.2, 0.25) is 0 Å². The third-order valence-electron chi connectivity index (χ3n) is 2.54. The van der Waals surface area contributed by atoms with Gasteiger partial charge in [0, 0.05) is 9.89 Å². The van der Waals surface area contributed by atoms with Crippen molar-refractivity contribution in [2.45, 2.75) is 33.1 Å². The molecule has 0 aliphatic rings. The highest BCUT2D eigenvalue weighted by Gasteiger charge is 2.23. The second kappa shape index (κ2) is 4.22. The zero-order valence-electron chi connectivity index (χ0n) is 10.4. The summed E-state index contributed by atoms with van der Waals surface area (Å²) in [5, 5.41) is 12.0. The van der Waals surface area contributed by atoms with E-state index in [1.807, 2.05) is 18.2 Å². The highest BCUT2D eigenvalue weighted by molar-refractivity contribution is 9.10. The van der Waals surface area contributed by atoms with Crippen LogP contribution in [0, 0.1) is 6.92 Å². The van der Waals surface area contributed by atoms with Crippen molar-refractivity contribution in [2.75, 3.05) is 0 Å². The van der Waals surface area contributed by atoms with Gasteiger partial charge in [0.05, 0.1) is 5.69 Å². The molecule has 0 atom stereocenters. The van der Waals surface area contributed by atoms with Crippen LogP contribution in [0.15, 0.2) is 22.7 Å². The standard InChI is InChI=1S/C12H15BrN4/c1-8-5-6-9(13)7-10(8)17-11(12(2,3)4)14-15-16-17/h5-7H,1-4H3. The van der Waals surface area contributed by atoms with Crippen LogP contribution in [0.3, 0.4) is 0 Å². The fourth-order valence-corrected chi connectivity index (χ4v) is 1.98. The Kier molecular flexibility index (Phi) is 3.03. The first kappa shape index (κ1) is 12.2. The van der Waals surface area contributed by atoms with E-state index in [9.17, 15) is 0 Å². The molecule has 0 aliphatic heterocycles. The number of rotatable bonds is 1. The Morgan fingerprint density at radius 2 is 1.94 bits per heavy atom. The number of hydrogen-bond acceptors (Lipinski definition) is 3. The Bertz CT molecular complexity index is 540. The van der Waals surface area contributed by atoms with Gasteiger partial charge in [-0.3, -0.25) is 0 Å². The summed E-state index contributed by atoms with van der Waals surface area (Å²) in [5.41, 5.74) is 2.07. The van der Waals surface area contributed by atoms with E-state index in [2.05, 4.69) is 59.2 Å². The topological polar surface area (TPSA) is 43.6 Å². The summed E-state index contributed by atoms with van der Waals surface area (Å²) in [6.07, 6.45) is 0. The average Bonchev–Trinajstić information content (AvgIpc) is 2.69. The Morgan fingerprint density at radius 1 is 1.24 bits per heavy atom. The molecule has 0 radical (unpaired) electrons. The fraction of sp³-hybridized carbons (Fsp3) is 0.417. The molecule has 17 heavy (non-hydrogen) atoms. The Morgan fingerprint density at radius 3 is 2.59 bits per heavy atom. The lowest BCUT2D eigenvalue weighted by atomic mass is 9.95. The van der Waals surface area contributed by atoms with E-state index in [0.717, 1.165) is 21.5 Å². The minimum Gasteiger partial charge on any atom is -0.197 e. The quantitative estimate of drug-likeness (QED) is 0.812. The van der Waals surface area contributed by atoms with Crippen molar-refractivity contribution in [2.24, 2.45) is 0 Å². The van der Waals surface area contributed by atoms with Crippen molar-refractivity contribution in [3.8, 4) is 5.69 Å². The lowest BCUT2D eigenvalue weighted by molar-refractivity contribution is 0.525. The van der Waals surface area contributed by atoms with Gasteiger partial charge in [0.1, 0.15) is 0 Å². The van der Waals surface area contributed by atoms with Crippen molar-refractivity contribution < 1.29 is 0 Å². The number of aromatic nitrogens is 4. The molecule has 0 bridgehead atoms. The van der Waals surface area contributed by atoms with Crippen LogP contribution >= 0.6 is 15.9 Å². The van der Waals surface area contributed by atoms with Crippen molar-refractivity contribution in [3.63, 3.8) is 0 Å². The maximum absolute atomic E-state index is 4.12. The molecule has 2 rings (SSSR count). The first-order chi connectivity index (χ1) is 7.89. The smallest absolute Gasteiger partial charge is 0.162 e. The largest absolute Gasteiger partial charge is 0.197 e. The maximum atomic E-state index is 4.12. The van der Waals surface area contributed by atoms with Gasteiger partial charge in [0.15, 0.2) is 5.82 Å². The molecular weight excluding hydrogens is 280 g/mol. The zero-order valence-corrected chi connectivity index (χ0v) is 12.0. The number of tetrazole rings is 1. The normalized spacial score (nSPS) is 11.8. The van der Waals surface area contributed by atoms with Gasteiger partial charge in [0.25, 0.3) is 0 Å². The Hall–Kier alpha value is -1.23. The molecule has 0 saturated carbocycles. The van der Waals surface area contributed by atoms with E-state index >= 15 is 0 Å². The second-order valence-corrected chi connectivity index (χ2v) is 6.01. The Labute approximate surface area is 109 Å². The van der Waals surface area contributed by atoms with Crippen LogP contribution in [0.1, 0.15) is 32.2 Å². The summed E-state index contributed by atoms with van der Waals surface area (Å²) in [5.74, 6) is 0.860. The predicted octanol–water partition coefficient (Wildman–Crippen LogP) is 3.03. The second-order valence-electron chi connectivity index (χ2n) is 5.10. The van der Waals surface area contributed by atoms with Gasteiger partial charge in [-0.05, 0) is 35.0 Å². The number of halogens is 1. The van der Waals surface area contributed by atoms with Crippen LogP contribution in [0.25, 0.3) is 5.69 Å². The summed E-state index contributed by atoms with van der Waals surface area (Å²) in [6.45, 7) is 8.35. The van der Waals surface area contributed by atoms with E-state index in [1.54, 1.807) is 4.68 Å². The van der Waals surface area contributed by atoms with Gasteiger partial charge in [-0.2, -0.15) is 4.68 Å².